The van der Waals surface area contributed by atoms with Crippen molar-refractivity contribution >= 4 is 5.91 Å². The summed E-state index contributed by atoms with van der Waals surface area (Å²) >= 11 is 0. The number of nitrogens with zero attached hydrogens (tertiary/aromatic N) is 3. The van der Waals surface area contributed by atoms with Crippen LogP contribution in [-0.4, -0.2) is 46.6 Å². The number of aromatic nitrogens is 2. The van der Waals surface area contributed by atoms with Gasteiger partial charge >= 0.3 is 0 Å². The number of aryl methyl sites for hydroxylation is 1. The molecule has 128 valence electrons. The molecule has 2 aromatic rings. The van der Waals surface area contributed by atoms with Gasteiger partial charge in [0.2, 0.25) is 17.6 Å². The third-order valence-electron chi connectivity index (χ3n) is 4.07. The summed E-state index contributed by atoms with van der Waals surface area (Å²) in [4.78, 5) is 18.4. The minimum absolute atomic E-state index is 0.168. The average molecular weight is 332 g/mol. The summed E-state index contributed by atoms with van der Waals surface area (Å²) in [7, 11) is 0. The molecule has 6 nitrogen and oxygen atoms in total. The van der Waals surface area contributed by atoms with Crippen molar-refractivity contribution in [3.05, 3.63) is 36.0 Å². The predicted molar refractivity (Wildman–Crippen MR) is 86.7 cm³/mol. The molecule has 0 saturated carbocycles. The summed E-state index contributed by atoms with van der Waals surface area (Å²) in [5.74, 6) is 0.799. The molecular formula is C17H21FN4O2. The maximum Gasteiger partial charge on any atom is 0.226 e. The van der Waals surface area contributed by atoms with Crippen molar-refractivity contribution in [2.24, 2.45) is 0 Å². The minimum Gasteiger partial charge on any atom is -0.340 e. The molecule has 24 heavy (non-hydrogen) atoms. The summed E-state index contributed by atoms with van der Waals surface area (Å²) < 4.78 is 18.1. The van der Waals surface area contributed by atoms with Gasteiger partial charge in [-0.3, -0.25) is 4.79 Å². The van der Waals surface area contributed by atoms with Crippen LogP contribution in [0, 0.1) is 5.82 Å². The fourth-order valence-corrected chi connectivity index (χ4v) is 2.78. The van der Waals surface area contributed by atoms with Gasteiger partial charge in [0.25, 0.3) is 0 Å². The van der Waals surface area contributed by atoms with E-state index < -0.39 is 0 Å². The number of hydrogen-bond acceptors (Lipinski definition) is 5. The number of carbonyl (C=O) groups is 1. The summed E-state index contributed by atoms with van der Waals surface area (Å²) in [5, 5.41) is 7.22. The molecule has 1 fully saturated rings. The van der Waals surface area contributed by atoms with Crippen LogP contribution in [0.15, 0.2) is 28.8 Å². The van der Waals surface area contributed by atoms with Crippen molar-refractivity contribution in [2.75, 3.05) is 19.6 Å². The normalized spacial score (nSPS) is 17.9. The summed E-state index contributed by atoms with van der Waals surface area (Å²) in [6, 6.07) is 6.28. The van der Waals surface area contributed by atoms with Gasteiger partial charge in [0.1, 0.15) is 5.82 Å². The molecule has 0 radical (unpaired) electrons. The van der Waals surface area contributed by atoms with Gasteiger partial charge < -0.3 is 14.7 Å². The Kier molecular flexibility index (Phi) is 5.20. The van der Waals surface area contributed by atoms with Crippen LogP contribution in [0.5, 0.6) is 0 Å². The molecular weight excluding hydrogens is 311 g/mol. The quantitative estimate of drug-likeness (QED) is 0.907. The first kappa shape index (κ1) is 16.6. The summed E-state index contributed by atoms with van der Waals surface area (Å²) in [6.07, 6.45) is 1.70. The highest BCUT2D eigenvalue weighted by molar-refractivity contribution is 5.76. The first-order chi connectivity index (χ1) is 11.6. The number of carbonyl (C=O) groups excluding carboxylic acids is 1. The summed E-state index contributed by atoms with van der Waals surface area (Å²) in [5.41, 5.74) is 0.706. The minimum atomic E-state index is -0.303. The van der Waals surface area contributed by atoms with E-state index in [0.29, 0.717) is 42.6 Å². The zero-order valence-electron chi connectivity index (χ0n) is 13.7. The van der Waals surface area contributed by atoms with E-state index in [1.54, 1.807) is 12.1 Å². The Morgan fingerprint density at radius 3 is 2.96 bits per heavy atom. The zero-order valence-corrected chi connectivity index (χ0v) is 13.7. The van der Waals surface area contributed by atoms with E-state index in [2.05, 4.69) is 22.4 Å². The Morgan fingerprint density at radius 2 is 2.21 bits per heavy atom. The average Bonchev–Trinajstić information content (AvgIpc) is 3.04. The highest BCUT2D eigenvalue weighted by atomic mass is 19.1. The van der Waals surface area contributed by atoms with Crippen LogP contribution in [0.2, 0.25) is 0 Å². The number of halogens is 1. The molecule has 1 amide bonds. The van der Waals surface area contributed by atoms with E-state index in [9.17, 15) is 9.18 Å². The molecule has 1 atom stereocenters. The number of hydrogen-bond donors (Lipinski definition) is 1. The summed E-state index contributed by atoms with van der Waals surface area (Å²) in [6.45, 7) is 4.44. The topological polar surface area (TPSA) is 71.3 Å². The van der Waals surface area contributed by atoms with Crippen LogP contribution in [-0.2, 0) is 11.2 Å². The number of nitrogens with one attached hydrogen (secondary N) is 1. The molecule has 0 bridgehead atoms. The molecule has 2 heterocycles. The highest BCUT2D eigenvalue weighted by Crippen LogP contribution is 2.17. The molecule has 1 aliphatic heterocycles. The van der Waals surface area contributed by atoms with Crippen LogP contribution in [0.25, 0.3) is 11.4 Å². The van der Waals surface area contributed by atoms with E-state index in [1.165, 1.54) is 12.1 Å². The smallest absolute Gasteiger partial charge is 0.226 e. The van der Waals surface area contributed by atoms with Crippen molar-refractivity contribution in [3.63, 3.8) is 0 Å². The van der Waals surface area contributed by atoms with Gasteiger partial charge in [0.15, 0.2) is 0 Å². The lowest BCUT2D eigenvalue weighted by molar-refractivity contribution is -0.132. The van der Waals surface area contributed by atoms with Gasteiger partial charge in [-0.2, -0.15) is 4.98 Å². The standard InChI is InChI=1S/C17H21FN4O2/c1-12-11-22(10-9-19-12)16(23)4-2-3-15-20-17(21-24-15)13-5-7-14(18)8-6-13/h5-8,12,19H,2-4,9-11H2,1H3. The van der Waals surface area contributed by atoms with Gasteiger partial charge in [-0.1, -0.05) is 5.16 Å². The van der Waals surface area contributed by atoms with Crippen LogP contribution in [0.3, 0.4) is 0 Å². The van der Waals surface area contributed by atoms with Crippen molar-refractivity contribution in [1.82, 2.24) is 20.4 Å². The number of benzene rings is 1. The first-order valence-corrected chi connectivity index (χ1v) is 8.21. The molecule has 1 N–H and O–H groups in total. The Bertz CT molecular complexity index is 686. The first-order valence-electron chi connectivity index (χ1n) is 8.21. The third kappa shape index (κ3) is 4.17. The van der Waals surface area contributed by atoms with Crippen LogP contribution in [0.1, 0.15) is 25.7 Å². The van der Waals surface area contributed by atoms with Gasteiger partial charge in [-0.15, -0.1) is 0 Å². The molecule has 7 heteroatoms. The SMILES string of the molecule is CC1CN(C(=O)CCCc2nc(-c3ccc(F)cc3)no2)CCN1. The Balaban J connectivity index is 1.49. The lowest BCUT2D eigenvalue weighted by Gasteiger charge is -2.31. The van der Waals surface area contributed by atoms with Crippen molar-refractivity contribution in [1.29, 1.82) is 0 Å². The molecule has 1 aliphatic rings. The Hall–Kier alpha value is -2.28. The zero-order chi connectivity index (χ0) is 16.9. The van der Waals surface area contributed by atoms with Crippen molar-refractivity contribution in [2.45, 2.75) is 32.2 Å². The van der Waals surface area contributed by atoms with Gasteiger partial charge in [-0.05, 0) is 37.6 Å². The van der Waals surface area contributed by atoms with Crippen molar-refractivity contribution in [3.8, 4) is 11.4 Å². The van der Waals surface area contributed by atoms with E-state index in [1.807, 2.05) is 4.90 Å². The molecule has 0 spiro atoms. The molecule has 1 saturated heterocycles. The lowest BCUT2D eigenvalue weighted by Crippen LogP contribution is -2.51. The largest absolute Gasteiger partial charge is 0.340 e. The van der Waals surface area contributed by atoms with Gasteiger partial charge in [-0.25, -0.2) is 4.39 Å². The molecule has 1 aromatic carbocycles. The van der Waals surface area contributed by atoms with Crippen LogP contribution >= 0.6 is 0 Å². The second-order valence-electron chi connectivity index (χ2n) is 6.07. The maximum atomic E-state index is 12.9. The second kappa shape index (κ2) is 7.53. The van der Waals surface area contributed by atoms with Crippen molar-refractivity contribution < 1.29 is 13.7 Å². The molecule has 3 rings (SSSR count). The predicted octanol–water partition coefficient (Wildman–Crippen LogP) is 2.02. The van der Waals surface area contributed by atoms with Crippen LogP contribution < -0.4 is 5.32 Å². The molecule has 0 aliphatic carbocycles. The van der Waals surface area contributed by atoms with E-state index in [0.717, 1.165) is 19.6 Å². The highest BCUT2D eigenvalue weighted by Gasteiger charge is 2.20. The Morgan fingerprint density at radius 1 is 1.42 bits per heavy atom. The maximum absolute atomic E-state index is 12.9. The van der Waals surface area contributed by atoms with Crippen LogP contribution in [0.4, 0.5) is 4.39 Å². The number of amides is 1. The van der Waals surface area contributed by atoms with Gasteiger partial charge in [0.05, 0.1) is 0 Å². The number of piperazine rings is 1. The fraction of sp³-hybridized carbons (Fsp3) is 0.471. The van der Waals surface area contributed by atoms with Gasteiger partial charge in [0, 0.05) is 44.1 Å². The monoisotopic (exact) mass is 332 g/mol. The van der Waals surface area contributed by atoms with E-state index >= 15 is 0 Å². The molecule has 1 unspecified atom stereocenters. The van der Waals surface area contributed by atoms with E-state index in [4.69, 9.17) is 4.52 Å². The lowest BCUT2D eigenvalue weighted by atomic mass is 10.2. The second-order valence-corrected chi connectivity index (χ2v) is 6.07. The number of rotatable bonds is 5. The fourth-order valence-electron chi connectivity index (χ4n) is 2.78. The third-order valence-corrected chi connectivity index (χ3v) is 4.07. The Labute approximate surface area is 140 Å². The van der Waals surface area contributed by atoms with E-state index in [-0.39, 0.29) is 11.7 Å². The molecule has 1 aromatic heterocycles.